The molecule has 0 aromatic heterocycles. The van der Waals surface area contributed by atoms with E-state index in [4.69, 9.17) is 5.84 Å². The fraction of sp³-hybridized carbons (Fsp3) is 0.733. The highest BCUT2D eigenvalue weighted by Gasteiger charge is 2.23. The highest BCUT2D eigenvalue weighted by atomic mass is 127. The highest BCUT2D eigenvalue weighted by molar-refractivity contribution is 14.1. The van der Waals surface area contributed by atoms with Gasteiger partial charge in [0.1, 0.15) is 11.8 Å². The number of hydrogen-bond acceptors (Lipinski definition) is 7. The first-order valence-corrected chi connectivity index (χ1v) is 10.3. The molecule has 0 aromatic carbocycles. The van der Waals surface area contributed by atoms with E-state index < -0.39 is 12.1 Å². The largest absolute Gasteiger partial charge is 0.355 e. The van der Waals surface area contributed by atoms with Crippen molar-refractivity contribution in [2.45, 2.75) is 45.7 Å². The summed E-state index contributed by atoms with van der Waals surface area (Å²) in [6, 6.07) is -0.983. The molecule has 5 N–H and O–H groups in total. The smallest absolute Gasteiger partial charge is 0.230 e. The number of ketones is 1. The van der Waals surface area contributed by atoms with Crippen molar-refractivity contribution >= 4 is 55.7 Å². The molecule has 0 spiro atoms. The lowest BCUT2D eigenvalue weighted by Crippen LogP contribution is -2.44. The average molecular weight is 486 g/mol. The van der Waals surface area contributed by atoms with Gasteiger partial charge in [0, 0.05) is 41.3 Å². The minimum Gasteiger partial charge on any atom is -0.355 e. The van der Waals surface area contributed by atoms with Crippen LogP contribution < -0.4 is 21.9 Å². The topological polar surface area (TPSA) is 130 Å². The standard InChI is InChI=1S/C15H27IN4O4S/c1-4-9(2)14(15(16)24)19-12(22)5-6-18-13(23)8-25-7-11(20-17)10(3)21/h9,11,14,20H,4-8,17H2,1-3H3,(H,18,23)(H,19,22)/t9-,11-,14-/m0/s1. The lowest BCUT2D eigenvalue weighted by molar-refractivity contribution is -0.125. The summed E-state index contributed by atoms with van der Waals surface area (Å²) in [6.45, 7) is 5.49. The quantitative estimate of drug-likeness (QED) is 0.126. The summed E-state index contributed by atoms with van der Waals surface area (Å²) in [5, 5.41) is 5.34. The van der Waals surface area contributed by atoms with Crippen LogP contribution in [-0.2, 0) is 19.2 Å². The van der Waals surface area contributed by atoms with Crippen molar-refractivity contribution in [2.75, 3.05) is 18.1 Å². The summed E-state index contributed by atoms with van der Waals surface area (Å²) in [4.78, 5) is 46.3. The van der Waals surface area contributed by atoms with Gasteiger partial charge in [-0.15, -0.1) is 11.8 Å². The van der Waals surface area contributed by atoms with Crippen LogP contribution in [0.25, 0.3) is 0 Å². The van der Waals surface area contributed by atoms with Crippen molar-refractivity contribution < 1.29 is 19.2 Å². The number of nitrogens with two attached hydrogens (primary N) is 1. The molecule has 0 fully saturated rings. The van der Waals surface area contributed by atoms with Gasteiger partial charge in [-0.05, 0) is 12.8 Å². The van der Waals surface area contributed by atoms with Gasteiger partial charge in [0.05, 0.1) is 11.8 Å². The van der Waals surface area contributed by atoms with Crippen LogP contribution in [0.2, 0.25) is 0 Å². The molecule has 25 heavy (non-hydrogen) atoms. The summed E-state index contributed by atoms with van der Waals surface area (Å²) >= 11 is 2.97. The molecule has 0 aliphatic rings. The summed E-state index contributed by atoms with van der Waals surface area (Å²) in [6.07, 6.45) is 0.889. The third-order valence-corrected chi connectivity index (χ3v) is 5.36. The lowest BCUT2D eigenvalue weighted by Gasteiger charge is -2.20. The number of amides is 2. The van der Waals surface area contributed by atoms with E-state index in [0.717, 1.165) is 6.42 Å². The Hall–Kier alpha value is -0.720. The monoisotopic (exact) mass is 486 g/mol. The van der Waals surface area contributed by atoms with Gasteiger partial charge in [0.25, 0.3) is 0 Å². The van der Waals surface area contributed by atoms with Gasteiger partial charge >= 0.3 is 0 Å². The maximum Gasteiger partial charge on any atom is 0.230 e. The Morgan fingerprint density at radius 3 is 2.32 bits per heavy atom. The number of hydrazine groups is 1. The number of halogens is 1. The predicted octanol–water partition coefficient (Wildman–Crippen LogP) is 0.139. The van der Waals surface area contributed by atoms with Crippen molar-refractivity contribution in [3.8, 4) is 0 Å². The first-order valence-electron chi connectivity index (χ1n) is 8.02. The van der Waals surface area contributed by atoms with Gasteiger partial charge < -0.3 is 10.6 Å². The maximum absolute atomic E-state index is 11.9. The number of rotatable bonds is 13. The van der Waals surface area contributed by atoms with Crippen LogP contribution in [0, 0.1) is 5.92 Å². The van der Waals surface area contributed by atoms with Gasteiger partial charge in [-0.25, -0.2) is 5.43 Å². The minimum absolute atomic E-state index is 0.0599. The van der Waals surface area contributed by atoms with Crippen molar-refractivity contribution in [2.24, 2.45) is 11.8 Å². The number of hydrogen-bond donors (Lipinski definition) is 4. The zero-order valence-electron chi connectivity index (χ0n) is 14.8. The third kappa shape index (κ3) is 10.8. The van der Waals surface area contributed by atoms with E-state index in [1.807, 2.05) is 13.8 Å². The van der Waals surface area contributed by atoms with Gasteiger partial charge in [0.15, 0.2) is 0 Å². The highest BCUT2D eigenvalue weighted by Crippen LogP contribution is 2.12. The Morgan fingerprint density at radius 2 is 1.84 bits per heavy atom. The molecule has 0 saturated heterocycles. The van der Waals surface area contributed by atoms with E-state index in [9.17, 15) is 19.2 Å². The van der Waals surface area contributed by atoms with E-state index in [0.29, 0.717) is 5.75 Å². The minimum atomic E-state index is -0.503. The van der Waals surface area contributed by atoms with Crippen LogP contribution in [0.3, 0.4) is 0 Å². The SMILES string of the molecule is CC[C@H](C)[C@H](NC(=O)CCNC(=O)CSC[C@H](NN)C(C)=O)C(=O)I. The summed E-state index contributed by atoms with van der Waals surface area (Å²) in [5.74, 6) is 5.29. The molecule has 0 aliphatic heterocycles. The second kappa shape index (κ2) is 13.5. The van der Waals surface area contributed by atoms with Crippen LogP contribution in [-0.4, -0.2) is 51.5 Å². The molecule has 3 atom stereocenters. The molecule has 2 amide bonds. The van der Waals surface area contributed by atoms with Crippen molar-refractivity contribution in [3.63, 3.8) is 0 Å². The van der Waals surface area contributed by atoms with Crippen molar-refractivity contribution in [3.05, 3.63) is 0 Å². The van der Waals surface area contributed by atoms with E-state index in [1.165, 1.54) is 18.7 Å². The number of Topliss-reactive ketones (excluding diaryl/α,β-unsaturated/α-hetero) is 1. The van der Waals surface area contributed by atoms with E-state index >= 15 is 0 Å². The summed E-state index contributed by atoms with van der Waals surface area (Å²) in [7, 11) is 0. The Morgan fingerprint density at radius 1 is 1.20 bits per heavy atom. The molecular formula is C15H27IN4O4S. The molecule has 0 unspecified atom stereocenters. The average Bonchev–Trinajstić information content (AvgIpc) is 2.55. The van der Waals surface area contributed by atoms with Crippen molar-refractivity contribution in [1.29, 1.82) is 0 Å². The van der Waals surface area contributed by atoms with Crippen LogP contribution in [0.5, 0.6) is 0 Å². The predicted molar refractivity (Wildman–Crippen MR) is 107 cm³/mol. The number of nitrogens with one attached hydrogen (secondary N) is 3. The molecule has 0 bridgehead atoms. The van der Waals surface area contributed by atoms with Crippen LogP contribution >= 0.6 is 34.4 Å². The Balaban J connectivity index is 4.05. The zero-order chi connectivity index (χ0) is 19.4. The first kappa shape index (κ1) is 24.3. The molecule has 0 rings (SSSR count). The zero-order valence-corrected chi connectivity index (χ0v) is 17.7. The second-order valence-corrected chi connectivity index (χ2v) is 7.77. The van der Waals surface area contributed by atoms with E-state index in [2.05, 4.69) is 16.1 Å². The molecule has 0 aromatic rings. The molecule has 144 valence electrons. The summed E-state index contributed by atoms with van der Waals surface area (Å²) < 4.78 is -0.103. The first-order chi connectivity index (χ1) is 11.7. The second-order valence-electron chi connectivity index (χ2n) is 5.68. The number of carbonyl (C=O) groups is 4. The number of thioether (sulfide) groups is 1. The third-order valence-electron chi connectivity index (χ3n) is 3.66. The normalized spacial score (nSPS) is 14.3. The van der Waals surface area contributed by atoms with Gasteiger partial charge in [-0.3, -0.25) is 25.0 Å². The van der Waals surface area contributed by atoms with E-state index in [-0.39, 0.29) is 46.0 Å². The van der Waals surface area contributed by atoms with Crippen LogP contribution in [0.1, 0.15) is 33.6 Å². The lowest BCUT2D eigenvalue weighted by atomic mass is 10.0. The van der Waals surface area contributed by atoms with Gasteiger partial charge in [0.2, 0.25) is 15.6 Å². The van der Waals surface area contributed by atoms with Gasteiger partial charge in [-0.1, -0.05) is 20.3 Å². The van der Waals surface area contributed by atoms with E-state index in [1.54, 1.807) is 22.6 Å². The summed E-state index contributed by atoms with van der Waals surface area (Å²) in [5.41, 5.74) is 2.39. The number of carbonyl (C=O) groups excluding carboxylic acids is 4. The Bertz CT molecular complexity index is 478. The fourth-order valence-corrected chi connectivity index (χ4v) is 3.56. The van der Waals surface area contributed by atoms with Crippen LogP contribution in [0.4, 0.5) is 0 Å². The molecular weight excluding hydrogens is 459 g/mol. The molecule has 0 aliphatic carbocycles. The van der Waals surface area contributed by atoms with Crippen molar-refractivity contribution in [1.82, 2.24) is 16.1 Å². The Kier molecular flexibility index (Phi) is 13.1. The Labute approximate surface area is 166 Å². The molecule has 8 nitrogen and oxygen atoms in total. The molecule has 10 heteroatoms. The maximum atomic E-state index is 11.9. The molecule has 0 radical (unpaired) electrons. The van der Waals surface area contributed by atoms with Gasteiger partial charge in [-0.2, -0.15) is 0 Å². The molecule has 0 saturated carbocycles. The molecule has 0 heterocycles. The fourth-order valence-electron chi connectivity index (χ4n) is 1.82. The van der Waals surface area contributed by atoms with Crippen LogP contribution in [0.15, 0.2) is 0 Å².